The van der Waals surface area contributed by atoms with E-state index in [9.17, 15) is 19.8 Å². The summed E-state index contributed by atoms with van der Waals surface area (Å²) in [6.45, 7) is 11.5. The number of unbranched alkanes of at least 4 members (excludes halogenated alkanes) is 17. The molecule has 51 heavy (non-hydrogen) atoms. The maximum Gasteiger partial charge on any atom is 0.509 e. The first kappa shape index (κ1) is 46.8. The maximum atomic E-state index is 12.5. The highest BCUT2D eigenvalue weighted by molar-refractivity contribution is 5.60. The fraction of sp³-hybridized carbons (Fsp3) is 0.850. The van der Waals surface area contributed by atoms with E-state index in [0.29, 0.717) is 19.4 Å². The molecule has 0 aromatic heterocycles. The van der Waals surface area contributed by atoms with Crippen LogP contribution in [0.15, 0.2) is 25.3 Å². The van der Waals surface area contributed by atoms with Crippen LogP contribution in [-0.2, 0) is 33.2 Å². The van der Waals surface area contributed by atoms with Gasteiger partial charge in [-0.1, -0.05) is 148 Å². The number of hydrogen-bond acceptors (Lipinski definition) is 11. The van der Waals surface area contributed by atoms with E-state index in [4.69, 9.17) is 33.2 Å². The number of carbonyl (C=O) groups is 2. The Hall–Kier alpha value is -2.18. The molecule has 0 radical (unpaired) electrons. The summed E-state index contributed by atoms with van der Waals surface area (Å²) >= 11 is 0. The molecule has 0 spiro atoms. The van der Waals surface area contributed by atoms with Gasteiger partial charge in [0, 0.05) is 13.0 Å². The van der Waals surface area contributed by atoms with Gasteiger partial charge in [0.1, 0.15) is 37.6 Å². The molecule has 1 saturated heterocycles. The summed E-state index contributed by atoms with van der Waals surface area (Å²) in [6.07, 6.45) is 18.2. The number of hydrogen-bond donors (Lipinski definition) is 2. The molecular formula is C40H72O11. The largest absolute Gasteiger partial charge is 0.509 e. The minimum Gasteiger partial charge on any atom is -0.431 e. The van der Waals surface area contributed by atoms with E-state index >= 15 is 0 Å². The lowest BCUT2D eigenvalue weighted by Crippen LogP contribution is -2.61. The van der Waals surface area contributed by atoms with E-state index in [-0.39, 0.29) is 19.8 Å². The molecule has 0 aromatic rings. The highest BCUT2D eigenvalue weighted by Crippen LogP contribution is 2.28. The number of aliphatic hydroxyl groups is 2. The van der Waals surface area contributed by atoms with Crippen molar-refractivity contribution in [2.75, 3.05) is 33.0 Å². The van der Waals surface area contributed by atoms with Gasteiger partial charge >= 0.3 is 12.3 Å². The first-order valence-corrected chi connectivity index (χ1v) is 20.0. The first-order valence-electron chi connectivity index (χ1n) is 20.0. The Morgan fingerprint density at radius 2 is 1.14 bits per heavy atom. The number of rotatable bonds is 33. The SMILES string of the molecule is C=CCOC(=O)O[C@H](CCCCCCCCCCC)CCO[C@H]1C(O)O[C@H](CO)[C@@H](OC(=O)OCC=C)[C@@H]1OCCCCCCCCCCCC. The zero-order chi connectivity index (χ0) is 37.4. The molecule has 1 aliphatic heterocycles. The second-order valence-corrected chi connectivity index (χ2v) is 13.5. The van der Waals surface area contributed by atoms with Crippen molar-refractivity contribution in [2.45, 2.75) is 185 Å². The van der Waals surface area contributed by atoms with Gasteiger partial charge in [-0.15, -0.1) is 0 Å². The second-order valence-electron chi connectivity index (χ2n) is 13.5. The quantitative estimate of drug-likeness (QED) is 0.0380. The molecular weight excluding hydrogens is 656 g/mol. The Morgan fingerprint density at radius 3 is 1.67 bits per heavy atom. The molecule has 0 aromatic carbocycles. The van der Waals surface area contributed by atoms with Crippen molar-refractivity contribution in [1.29, 1.82) is 0 Å². The van der Waals surface area contributed by atoms with Crippen LogP contribution in [0.4, 0.5) is 9.59 Å². The minimum absolute atomic E-state index is 0.0480. The van der Waals surface area contributed by atoms with Gasteiger partial charge in [0.25, 0.3) is 0 Å². The van der Waals surface area contributed by atoms with E-state index in [1.165, 1.54) is 95.6 Å². The van der Waals surface area contributed by atoms with Crippen LogP contribution in [0, 0.1) is 0 Å². The summed E-state index contributed by atoms with van der Waals surface area (Å²) in [5.74, 6) is 0. The van der Waals surface area contributed by atoms with E-state index in [2.05, 4.69) is 27.0 Å². The third kappa shape index (κ3) is 23.2. The normalized spacial score (nSPS) is 20.7. The van der Waals surface area contributed by atoms with Gasteiger partial charge in [-0.05, 0) is 19.3 Å². The summed E-state index contributed by atoms with van der Waals surface area (Å²) in [6, 6.07) is 0. The van der Waals surface area contributed by atoms with Gasteiger partial charge < -0.3 is 43.4 Å². The fourth-order valence-corrected chi connectivity index (χ4v) is 6.21. The van der Waals surface area contributed by atoms with Crippen LogP contribution in [0.2, 0.25) is 0 Å². The van der Waals surface area contributed by atoms with Crippen LogP contribution in [-0.4, -0.2) is 92.4 Å². The molecule has 1 rings (SSSR count). The summed E-state index contributed by atoms with van der Waals surface area (Å²) in [5.41, 5.74) is 0. The van der Waals surface area contributed by atoms with Crippen molar-refractivity contribution in [3.8, 4) is 0 Å². The highest BCUT2D eigenvalue weighted by atomic mass is 16.8. The molecule has 0 saturated carbocycles. The number of ether oxygens (including phenoxy) is 7. The number of aliphatic hydroxyl groups excluding tert-OH is 2. The monoisotopic (exact) mass is 729 g/mol. The van der Waals surface area contributed by atoms with E-state index < -0.39 is 55.7 Å². The maximum absolute atomic E-state index is 12.5. The molecule has 1 heterocycles. The lowest BCUT2D eigenvalue weighted by atomic mass is 9.98. The van der Waals surface area contributed by atoms with Crippen molar-refractivity contribution in [3.05, 3.63) is 25.3 Å². The predicted molar refractivity (Wildman–Crippen MR) is 199 cm³/mol. The van der Waals surface area contributed by atoms with Gasteiger partial charge in [-0.2, -0.15) is 0 Å². The summed E-state index contributed by atoms with van der Waals surface area (Å²) in [7, 11) is 0. The second kappa shape index (κ2) is 32.5. The standard InChI is InChI=1S/C40H72O11/c1-5-9-11-13-15-17-19-21-23-25-30-45-36-35(51-40(44)48-29-8-4)34(32-41)50-38(42)37(36)46-31-27-33(49-39(43)47-28-7-3)26-24-22-20-18-16-14-12-10-6-2/h7-8,33-38,41-42H,3-6,9-32H2,1-2H3/t33-,34-,35-,36+,37-,38?/m1/s1. The van der Waals surface area contributed by atoms with Crippen molar-refractivity contribution in [2.24, 2.45) is 0 Å². The summed E-state index contributed by atoms with van der Waals surface area (Å²) in [5, 5.41) is 21.0. The molecule has 0 amide bonds. The Balaban J connectivity index is 2.82. The van der Waals surface area contributed by atoms with E-state index in [0.717, 1.165) is 38.5 Å². The van der Waals surface area contributed by atoms with Crippen molar-refractivity contribution < 1.29 is 53.0 Å². The molecule has 0 aliphatic carbocycles. The van der Waals surface area contributed by atoms with Gasteiger partial charge in [0.15, 0.2) is 12.4 Å². The molecule has 1 aliphatic rings. The third-order valence-corrected chi connectivity index (χ3v) is 9.11. The zero-order valence-electron chi connectivity index (χ0n) is 32.0. The van der Waals surface area contributed by atoms with Crippen LogP contribution in [0.25, 0.3) is 0 Å². The molecule has 2 N–H and O–H groups in total. The van der Waals surface area contributed by atoms with Crippen molar-refractivity contribution in [1.82, 2.24) is 0 Å². The van der Waals surface area contributed by atoms with Gasteiger partial charge in [0.05, 0.1) is 13.2 Å². The van der Waals surface area contributed by atoms with Crippen LogP contribution in [0.1, 0.15) is 149 Å². The van der Waals surface area contributed by atoms with E-state index in [1.807, 2.05) is 0 Å². The average molecular weight is 729 g/mol. The highest BCUT2D eigenvalue weighted by Gasteiger charge is 2.49. The van der Waals surface area contributed by atoms with Crippen molar-refractivity contribution >= 4 is 12.3 Å². The van der Waals surface area contributed by atoms with Gasteiger partial charge in [-0.3, -0.25) is 0 Å². The number of carbonyl (C=O) groups excluding carboxylic acids is 2. The molecule has 11 nitrogen and oxygen atoms in total. The van der Waals surface area contributed by atoms with Crippen LogP contribution >= 0.6 is 0 Å². The molecule has 6 atom stereocenters. The lowest BCUT2D eigenvalue weighted by molar-refractivity contribution is -0.305. The fourth-order valence-electron chi connectivity index (χ4n) is 6.21. The first-order chi connectivity index (χ1) is 24.9. The summed E-state index contributed by atoms with van der Waals surface area (Å²) in [4.78, 5) is 24.8. The molecule has 298 valence electrons. The lowest BCUT2D eigenvalue weighted by Gasteiger charge is -2.43. The van der Waals surface area contributed by atoms with Crippen LogP contribution < -0.4 is 0 Å². The smallest absolute Gasteiger partial charge is 0.431 e. The van der Waals surface area contributed by atoms with E-state index in [1.54, 1.807) is 0 Å². The average Bonchev–Trinajstić information content (AvgIpc) is 3.12. The predicted octanol–water partition coefficient (Wildman–Crippen LogP) is 9.11. The Morgan fingerprint density at radius 1 is 0.647 bits per heavy atom. The van der Waals surface area contributed by atoms with Crippen LogP contribution in [0.5, 0.6) is 0 Å². The van der Waals surface area contributed by atoms with Crippen LogP contribution in [0.3, 0.4) is 0 Å². The van der Waals surface area contributed by atoms with Crippen molar-refractivity contribution in [3.63, 3.8) is 0 Å². The topological polar surface area (TPSA) is 139 Å². The molecule has 0 bridgehead atoms. The minimum atomic E-state index is -1.46. The molecule has 1 fully saturated rings. The van der Waals surface area contributed by atoms with Gasteiger partial charge in [0.2, 0.25) is 0 Å². The Kier molecular flexibility index (Phi) is 29.8. The zero-order valence-corrected chi connectivity index (χ0v) is 32.0. The third-order valence-electron chi connectivity index (χ3n) is 9.11. The Labute approximate surface area is 308 Å². The molecule has 1 unspecified atom stereocenters. The summed E-state index contributed by atoms with van der Waals surface area (Å²) < 4.78 is 39.3. The Bertz CT molecular complexity index is 869. The molecule has 11 heteroatoms. The van der Waals surface area contributed by atoms with Gasteiger partial charge in [-0.25, -0.2) is 9.59 Å².